The van der Waals surface area contributed by atoms with Crippen LogP contribution in [-0.4, -0.2) is 16.1 Å². The Labute approximate surface area is 102 Å². The summed E-state index contributed by atoms with van der Waals surface area (Å²) < 4.78 is 1.18. The van der Waals surface area contributed by atoms with Gasteiger partial charge >= 0.3 is 5.97 Å². The van der Waals surface area contributed by atoms with Gasteiger partial charge in [-0.05, 0) is 24.5 Å². The second kappa shape index (κ2) is 3.96. The molecule has 1 aromatic carbocycles. The van der Waals surface area contributed by atoms with Gasteiger partial charge in [0.1, 0.15) is 0 Å². The normalized spacial score (nSPS) is 19.1. The molecule has 0 spiro atoms. The van der Waals surface area contributed by atoms with E-state index < -0.39 is 5.97 Å². The van der Waals surface area contributed by atoms with Crippen molar-refractivity contribution in [2.24, 2.45) is 5.92 Å². The molecule has 0 aliphatic heterocycles. The van der Waals surface area contributed by atoms with E-state index >= 15 is 0 Å². The van der Waals surface area contributed by atoms with Gasteiger partial charge in [0.15, 0.2) is 0 Å². The summed E-state index contributed by atoms with van der Waals surface area (Å²) in [5.41, 5.74) is 5.23. The number of carboxylic acids is 1. The molecule has 1 aromatic heterocycles. The predicted octanol–water partition coefficient (Wildman–Crippen LogP) is 3.17. The molecule has 1 heterocycles. The maximum Gasteiger partial charge on any atom is 0.307 e. The van der Waals surface area contributed by atoms with Gasteiger partial charge in [0.2, 0.25) is 0 Å². The number of nitrogens with zero attached hydrogens (tertiary/aromatic N) is 1. The van der Waals surface area contributed by atoms with Crippen molar-refractivity contribution >= 4 is 33.6 Å². The van der Waals surface area contributed by atoms with Gasteiger partial charge in [0.25, 0.3) is 0 Å². The lowest BCUT2D eigenvalue weighted by Crippen LogP contribution is -2.23. The average molecular weight is 245 g/mol. The molecule has 1 aliphatic carbocycles. The summed E-state index contributed by atoms with van der Waals surface area (Å²) in [6.07, 6.45) is 3.48. The topological polar surface area (TPSA) is 50.2 Å². The first-order valence-corrected chi connectivity index (χ1v) is 6.36. The molecule has 4 heteroatoms. The maximum atomic E-state index is 10.7. The Morgan fingerprint density at radius 1 is 1.47 bits per heavy atom. The number of aliphatic carboxylic acids is 1. The van der Waals surface area contributed by atoms with Crippen LogP contribution in [-0.2, 0) is 4.79 Å². The summed E-state index contributed by atoms with van der Waals surface area (Å²) in [7, 11) is 0. The molecule has 1 aliphatic rings. The lowest BCUT2D eigenvalue weighted by atomic mass is 9.79. The third-order valence-electron chi connectivity index (χ3n) is 3.11. The number of thiazole rings is 1. The molecular formula is C13H11NO2S. The fourth-order valence-corrected chi connectivity index (χ4v) is 2.88. The first kappa shape index (κ1) is 10.5. The fraction of sp³-hybridized carbons (Fsp3) is 0.231. The van der Waals surface area contributed by atoms with E-state index in [4.69, 9.17) is 5.11 Å². The Hall–Kier alpha value is -1.68. The summed E-state index contributed by atoms with van der Waals surface area (Å²) in [5, 5.41) is 8.82. The molecule has 0 radical (unpaired) electrons. The molecule has 0 unspecified atom stereocenters. The molecular weight excluding hydrogens is 234 g/mol. The highest BCUT2D eigenvalue weighted by atomic mass is 32.1. The first-order valence-electron chi connectivity index (χ1n) is 5.48. The summed E-state index contributed by atoms with van der Waals surface area (Å²) in [6.45, 7) is 0. The molecule has 17 heavy (non-hydrogen) atoms. The van der Waals surface area contributed by atoms with Gasteiger partial charge in [0, 0.05) is 0 Å². The molecule has 0 amide bonds. The molecule has 86 valence electrons. The van der Waals surface area contributed by atoms with Crippen LogP contribution in [0.3, 0.4) is 0 Å². The second-order valence-corrected chi connectivity index (χ2v) is 5.15. The van der Waals surface area contributed by atoms with Gasteiger partial charge in [-0.2, -0.15) is 0 Å². The number of allylic oxidation sites excluding steroid dienone is 1. The molecule has 3 rings (SSSR count). The number of hydrogen-bond donors (Lipinski definition) is 1. The van der Waals surface area contributed by atoms with E-state index in [-0.39, 0.29) is 5.92 Å². The zero-order valence-electron chi connectivity index (χ0n) is 9.09. The standard InChI is InChI=1S/C13H11NO2S/c15-13(16)10-5-8(6-10)4-9-2-1-3-11-12(9)17-7-14-11/h1-4,7,10H,5-6H2,(H,15,16). The largest absolute Gasteiger partial charge is 0.481 e. The van der Waals surface area contributed by atoms with Crippen LogP contribution in [0.25, 0.3) is 16.3 Å². The van der Waals surface area contributed by atoms with Gasteiger partial charge < -0.3 is 5.11 Å². The SMILES string of the molecule is O=C(O)C1CC(=Cc2cccc3ncsc23)C1. The van der Waals surface area contributed by atoms with Gasteiger partial charge in [-0.15, -0.1) is 11.3 Å². The van der Waals surface area contributed by atoms with Gasteiger partial charge in [-0.25, -0.2) is 4.98 Å². The van der Waals surface area contributed by atoms with Crippen molar-refractivity contribution in [3.05, 3.63) is 34.8 Å². The Balaban J connectivity index is 1.89. The number of hydrogen-bond acceptors (Lipinski definition) is 3. The van der Waals surface area contributed by atoms with E-state index in [0.29, 0.717) is 12.8 Å². The van der Waals surface area contributed by atoms with Crippen LogP contribution in [0.1, 0.15) is 18.4 Å². The fourth-order valence-electron chi connectivity index (χ4n) is 2.11. The molecule has 0 bridgehead atoms. The number of fused-ring (bicyclic) bond motifs is 1. The maximum absolute atomic E-state index is 10.7. The third-order valence-corrected chi connectivity index (χ3v) is 4.00. The molecule has 2 aromatic rings. The van der Waals surface area contributed by atoms with E-state index in [9.17, 15) is 4.79 Å². The Kier molecular flexibility index (Phi) is 2.44. The van der Waals surface area contributed by atoms with Crippen molar-refractivity contribution in [1.82, 2.24) is 4.98 Å². The molecule has 0 atom stereocenters. The smallest absolute Gasteiger partial charge is 0.307 e. The second-order valence-electron chi connectivity index (χ2n) is 4.29. The highest BCUT2D eigenvalue weighted by Gasteiger charge is 2.29. The minimum absolute atomic E-state index is 0.179. The van der Waals surface area contributed by atoms with Crippen LogP contribution >= 0.6 is 11.3 Å². The molecule has 3 nitrogen and oxygen atoms in total. The zero-order chi connectivity index (χ0) is 11.8. The first-order chi connectivity index (χ1) is 8.24. The lowest BCUT2D eigenvalue weighted by Gasteiger charge is -2.25. The monoisotopic (exact) mass is 245 g/mol. The highest BCUT2D eigenvalue weighted by Crippen LogP contribution is 2.36. The molecule has 1 fully saturated rings. The quantitative estimate of drug-likeness (QED) is 0.884. The predicted molar refractivity (Wildman–Crippen MR) is 68.0 cm³/mol. The summed E-state index contributed by atoms with van der Waals surface area (Å²) in [5.74, 6) is -0.861. The minimum atomic E-state index is -0.682. The van der Waals surface area contributed by atoms with E-state index in [2.05, 4.69) is 17.1 Å². The van der Waals surface area contributed by atoms with Crippen molar-refractivity contribution < 1.29 is 9.90 Å². The number of aromatic nitrogens is 1. The number of benzene rings is 1. The average Bonchev–Trinajstić information content (AvgIpc) is 2.70. The summed E-state index contributed by atoms with van der Waals surface area (Å²) in [4.78, 5) is 15.0. The third kappa shape index (κ3) is 1.85. The van der Waals surface area contributed by atoms with E-state index in [1.165, 1.54) is 10.3 Å². The number of carbonyl (C=O) groups is 1. The van der Waals surface area contributed by atoms with Crippen molar-refractivity contribution in [2.75, 3.05) is 0 Å². The van der Waals surface area contributed by atoms with Crippen molar-refractivity contribution in [3.8, 4) is 0 Å². The molecule has 0 saturated heterocycles. The van der Waals surface area contributed by atoms with Crippen molar-refractivity contribution in [3.63, 3.8) is 0 Å². The van der Waals surface area contributed by atoms with Gasteiger partial charge in [0.05, 0.1) is 21.6 Å². The van der Waals surface area contributed by atoms with Crippen LogP contribution in [0.4, 0.5) is 0 Å². The zero-order valence-corrected chi connectivity index (χ0v) is 9.91. The van der Waals surface area contributed by atoms with E-state index in [1.807, 2.05) is 17.6 Å². The van der Waals surface area contributed by atoms with Gasteiger partial charge in [-0.3, -0.25) is 4.79 Å². The number of carboxylic acid groups (broad SMARTS) is 1. The number of rotatable bonds is 2. The minimum Gasteiger partial charge on any atom is -0.481 e. The highest BCUT2D eigenvalue weighted by molar-refractivity contribution is 7.17. The van der Waals surface area contributed by atoms with E-state index in [1.54, 1.807) is 11.3 Å². The summed E-state index contributed by atoms with van der Waals surface area (Å²) in [6, 6.07) is 6.04. The van der Waals surface area contributed by atoms with Crippen LogP contribution in [0.15, 0.2) is 29.3 Å². The summed E-state index contributed by atoms with van der Waals surface area (Å²) >= 11 is 1.63. The van der Waals surface area contributed by atoms with Gasteiger partial charge in [-0.1, -0.05) is 23.8 Å². The van der Waals surface area contributed by atoms with Crippen LogP contribution in [0, 0.1) is 5.92 Å². The van der Waals surface area contributed by atoms with Crippen LogP contribution < -0.4 is 0 Å². The molecule has 1 N–H and O–H groups in total. The Morgan fingerprint density at radius 3 is 3.06 bits per heavy atom. The van der Waals surface area contributed by atoms with Crippen molar-refractivity contribution in [2.45, 2.75) is 12.8 Å². The van der Waals surface area contributed by atoms with Crippen molar-refractivity contribution in [1.29, 1.82) is 0 Å². The van der Waals surface area contributed by atoms with Crippen LogP contribution in [0.5, 0.6) is 0 Å². The van der Waals surface area contributed by atoms with E-state index in [0.717, 1.165) is 11.1 Å². The van der Waals surface area contributed by atoms with Crippen LogP contribution in [0.2, 0.25) is 0 Å². The lowest BCUT2D eigenvalue weighted by molar-refractivity contribution is -0.143. The molecule has 1 saturated carbocycles. The Morgan fingerprint density at radius 2 is 2.29 bits per heavy atom. The Bertz CT molecular complexity index is 607.